The summed E-state index contributed by atoms with van der Waals surface area (Å²) in [4.78, 5) is 41.2. The Bertz CT molecular complexity index is 1620. The Morgan fingerprint density at radius 3 is 2.61 bits per heavy atom. The van der Waals surface area contributed by atoms with E-state index in [0.29, 0.717) is 28.6 Å². The van der Waals surface area contributed by atoms with Crippen LogP contribution in [-0.2, 0) is 9.53 Å². The van der Waals surface area contributed by atoms with Crippen molar-refractivity contribution in [3.05, 3.63) is 111 Å². The van der Waals surface area contributed by atoms with Gasteiger partial charge in [-0.1, -0.05) is 58.7 Å². The standard InChI is InChI=1S/C30H24BrNO6/c1-3-12-37-30(36)19-8-5-9-22(15-19)32-26(18-7-4-6-17(2)13-18)25(28(34)29(32)35)27(33)24-16-20-14-21(31)10-11-23(20)38-24/h4-11,13-16,26,34H,3,12H2,1-2H3. The van der Waals surface area contributed by atoms with Crippen molar-refractivity contribution in [3.63, 3.8) is 0 Å². The number of aliphatic hydroxyl groups excluding tert-OH is 1. The van der Waals surface area contributed by atoms with Gasteiger partial charge >= 0.3 is 5.97 Å². The van der Waals surface area contributed by atoms with Gasteiger partial charge in [0.15, 0.2) is 11.5 Å². The minimum Gasteiger partial charge on any atom is -0.503 e. The second-order valence-electron chi connectivity index (χ2n) is 9.06. The van der Waals surface area contributed by atoms with Crippen LogP contribution in [0.2, 0.25) is 0 Å². The van der Waals surface area contributed by atoms with Crippen LogP contribution in [0.5, 0.6) is 0 Å². The number of carbonyl (C=O) groups excluding carboxylic acids is 3. The van der Waals surface area contributed by atoms with Crippen molar-refractivity contribution in [1.82, 2.24) is 0 Å². The summed E-state index contributed by atoms with van der Waals surface area (Å²) in [5.74, 6) is -2.53. The van der Waals surface area contributed by atoms with Gasteiger partial charge in [-0.05, 0) is 61.4 Å². The highest BCUT2D eigenvalue weighted by Gasteiger charge is 2.45. The van der Waals surface area contributed by atoms with Gasteiger partial charge in [-0.15, -0.1) is 0 Å². The number of furan rings is 1. The zero-order valence-electron chi connectivity index (χ0n) is 20.7. The van der Waals surface area contributed by atoms with E-state index in [1.165, 1.54) is 11.0 Å². The third-order valence-corrected chi connectivity index (χ3v) is 6.80. The predicted octanol–water partition coefficient (Wildman–Crippen LogP) is 6.85. The lowest BCUT2D eigenvalue weighted by atomic mass is 9.93. The summed E-state index contributed by atoms with van der Waals surface area (Å²) in [6.45, 7) is 4.07. The van der Waals surface area contributed by atoms with E-state index >= 15 is 0 Å². The zero-order chi connectivity index (χ0) is 27.0. The van der Waals surface area contributed by atoms with Gasteiger partial charge in [0.1, 0.15) is 5.58 Å². The Kier molecular flexibility index (Phi) is 6.91. The Labute approximate surface area is 227 Å². The summed E-state index contributed by atoms with van der Waals surface area (Å²) in [5.41, 5.74) is 2.55. The number of hydrogen-bond donors (Lipinski definition) is 1. The molecule has 7 nitrogen and oxygen atoms in total. The molecular formula is C30H24BrNO6. The van der Waals surface area contributed by atoms with Gasteiger partial charge in [0.25, 0.3) is 5.91 Å². The molecule has 3 aromatic carbocycles. The van der Waals surface area contributed by atoms with E-state index in [0.717, 1.165) is 10.0 Å². The maximum Gasteiger partial charge on any atom is 0.338 e. The number of ether oxygens (including phenoxy) is 1. The van der Waals surface area contributed by atoms with Gasteiger partial charge in [0.2, 0.25) is 5.78 Å². The first-order valence-electron chi connectivity index (χ1n) is 12.1. The SMILES string of the molecule is CCCOC(=O)c1cccc(N2C(=O)C(O)=C(C(=O)c3cc4cc(Br)ccc4o3)C2c2cccc(C)c2)c1. The minimum absolute atomic E-state index is 0.00356. The molecule has 192 valence electrons. The Hall–Kier alpha value is -4.17. The predicted molar refractivity (Wildman–Crippen MR) is 146 cm³/mol. The van der Waals surface area contributed by atoms with Gasteiger partial charge in [-0.3, -0.25) is 14.5 Å². The number of aryl methyl sites for hydroxylation is 1. The third kappa shape index (κ3) is 4.63. The number of amides is 1. The van der Waals surface area contributed by atoms with Gasteiger partial charge < -0.3 is 14.3 Å². The normalized spacial score (nSPS) is 15.4. The molecule has 1 unspecified atom stereocenters. The number of halogens is 1. The van der Waals surface area contributed by atoms with Gasteiger partial charge in [0.05, 0.1) is 23.8 Å². The summed E-state index contributed by atoms with van der Waals surface area (Å²) in [7, 11) is 0. The quantitative estimate of drug-likeness (QED) is 0.192. The molecule has 2 heterocycles. The lowest BCUT2D eigenvalue weighted by molar-refractivity contribution is -0.117. The molecule has 1 N–H and O–H groups in total. The van der Waals surface area contributed by atoms with Crippen LogP contribution < -0.4 is 4.90 Å². The van der Waals surface area contributed by atoms with Crippen molar-refractivity contribution < 1.29 is 28.6 Å². The highest BCUT2D eigenvalue weighted by atomic mass is 79.9. The molecule has 1 aromatic heterocycles. The minimum atomic E-state index is -0.947. The molecule has 0 saturated carbocycles. The second-order valence-corrected chi connectivity index (χ2v) is 9.98. The number of Topliss-reactive ketones (excluding diaryl/α,β-unsaturated/α-hetero) is 1. The number of benzene rings is 3. The Morgan fingerprint density at radius 1 is 1.05 bits per heavy atom. The molecule has 1 atom stereocenters. The van der Waals surface area contributed by atoms with Crippen LogP contribution in [0, 0.1) is 6.92 Å². The number of anilines is 1. The molecule has 4 aromatic rings. The molecule has 0 saturated heterocycles. The monoisotopic (exact) mass is 573 g/mol. The third-order valence-electron chi connectivity index (χ3n) is 6.31. The largest absolute Gasteiger partial charge is 0.503 e. The van der Waals surface area contributed by atoms with Crippen LogP contribution in [0.25, 0.3) is 11.0 Å². The number of fused-ring (bicyclic) bond motifs is 1. The fourth-order valence-electron chi connectivity index (χ4n) is 4.58. The average Bonchev–Trinajstić information content (AvgIpc) is 3.45. The summed E-state index contributed by atoms with van der Waals surface area (Å²) in [5, 5.41) is 11.8. The lowest BCUT2D eigenvalue weighted by Gasteiger charge is -2.27. The molecule has 0 radical (unpaired) electrons. The molecule has 5 rings (SSSR count). The summed E-state index contributed by atoms with van der Waals surface area (Å²) in [6.07, 6.45) is 0.674. The molecule has 0 bridgehead atoms. The summed E-state index contributed by atoms with van der Waals surface area (Å²) >= 11 is 3.41. The van der Waals surface area contributed by atoms with E-state index in [-0.39, 0.29) is 23.5 Å². The number of nitrogens with zero attached hydrogens (tertiary/aromatic N) is 1. The number of aliphatic hydroxyl groups is 1. The smallest absolute Gasteiger partial charge is 0.338 e. The van der Waals surface area contributed by atoms with Crippen molar-refractivity contribution in [3.8, 4) is 0 Å². The van der Waals surface area contributed by atoms with Crippen LogP contribution >= 0.6 is 15.9 Å². The van der Waals surface area contributed by atoms with E-state index in [9.17, 15) is 19.5 Å². The van der Waals surface area contributed by atoms with Crippen molar-refractivity contribution in [2.45, 2.75) is 26.3 Å². The van der Waals surface area contributed by atoms with Crippen molar-refractivity contribution in [1.29, 1.82) is 0 Å². The van der Waals surface area contributed by atoms with Crippen molar-refractivity contribution in [2.24, 2.45) is 0 Å². The van der Waals surface area contributed by atoms with Gasteiger partial charge in [-0.2, -0.15) is 0 Å². The molecule has 0 fully saturated rings. The maximum atomic E-state index is 13.8. The molecular weight excluding hydrogens is 550 g/mol. The van der Waals surface area contributed by atoms with E-state index in [1.807, 2.05) is 38.1 Å². The fourth-order valence-corrected chi connectivity index (χ4v) is 4.96. The summed E-state index contributed by atoms with van der Waals surface area (Å²) < 4.78 is 11.9. The molecule has 38 heavy (non-hydrogen) atoms. The average molecular weight is 574 g/mol. The highest BCUT2D eigenvalue weighted by Crippen LogP contribution is 2.42. The topological polar surface area (TPSA) is 97.0 Å². The first-order chi connectivity index (χ1) is 18.3. The van der Waals surface area contributed by atoms with Crippen LogP contribution in [0.15, 0.2) is 93.0 Å². The summed E-state index contributed by atoms with van der Waals surface area (Å²) in [6, 6.07) is 19.8. The highest BCUT2D eigenvalue weighted by molar-refractivity contribution is 9.10. The first kappa shape index (κ1) is 25.5. The molecule has 0 spiro atoms. The lowest BCUT2D eigenvalue weighted by Crippen LogP contribution is -2.31. The van der Waals surface area contributed by atoms with Crippen molar-refractivity contribution in [2.75, 3.05) is 11.5 Å². The zero-order valence-corrected chi connectivity index (χ0v) is 22.3. The van der Waals surface area contributed by atoms with E-state index in [1.54, 1.807) is 42.5 Å². The number of carbonyl (C=O) groups is 3. The van der Waals surface area contributed by atoms with Gasteiger partial charge in [-0.25, -0.2) is 4.79 Å². The first-order valence-corrected chi connectivity index (χ1v) is 12.9. The van der Waals surface area contributed by atoms with E-state index < -0.39 is 29.5 Å². The second kappa shape index (κ2) is 10.3. The van der Waals surface area contributed by atoms with Crippen LogP contribution in [0.3, 0.4) is 0 Å². The Balaban J connectivity index is 1.61. The van der Waals surface area contributed by atoms with E-state index in [2.05, 4.69) is 15.9 Å². The number of ketones is 1. The molecule has 1 amide bonds. The maximum absolute atomic E-state index is 13.8. The van der Waals surface area contributed by atoms with E-state index in [4.69, 9.17) is 9.15 Å². The number of esters is 1. The van der Waals surface area contributed by atoms with Crippen LogP contribution in [0.1, 0.15) is 51.4 Å². The van der Waals surface area contributed by atoms with Gasteiger partial charge in [0, 0.05) is 15.5 Å². The molecule has 8 heteroatoms. The number of hydrogen-bond acceptors (Lipinski definition) is 6. The Morgan fingerprint density at radius 2 is 1.84 bits per heavy atom. The van der Waals surface area contributed by atoms with Crippen LogP contribution in [-0.4, -0.2) is 29.4 Å². The molecule has 1 aliphatic rings. The fraction of sp³-hybridized carbons (Fsp3) is 0.167. The number of rotatable bonds is 7. The van der Waals surface area contributed by atoms with Crippen molar-refractivity contribution >= 4 is 50.2 Å². The molecule has 0 aliphatic carbocycles. The van der Waals surface area contributed by atoms with Crippen LogP contribution in [0.4, 0.5) is 5.69 Å². The molecule has 1 aliphatic heterocycles.